The minimum Gasteiger partial charge on any atom is -0.493 e. The molecule has 2 aromatic carbocycles. The number of aromatic nitrogens is 1. The quantitative estimate of drug-likeness (QED) is 0.438. The molecule has 1 saturated heterocycles. The van der Waals surface area contributed by atoms with Crippen LogP contribution in [0.4, 0.5) is 0 Å². The molecular weight excluding hydrogens is 464 g/mol. The van der Waals surface area contributed by atoms with Crippen molar-refractivity contribution in [2.45, 2.75) is 13.1 Å². The number of hydrogen-bond acceptors (Lipinski definition) is 6. The maximum Gasteiger partial charge on any atom is 0.253 e. The van der Waals surface area contributed by atoms with Crippen molar-refractivity contribution >= 4 is 28.2 Å². The number of morpholine rings is 1. The molecule has 0 spiro atoms. The number of hydrogen-bond donors (Lipinski definition) is 2. The number of pyridine rings is 1. The molecule has 1 fully saturated rings. The van der Waals surface area contributed by atoms with Gasteiger partial charge in [-0.25, -0.2) is 0 Å². The number of fused-ring (bicyclic) bond motifs is 1. The van der Waals surface area contributed by atoms with E-state index in [0.717, 1.165) is 43.8 Å². The highest BCUT2D eigenvalue weighted by molar-refractivity contribution is 7.80. The summed E-state index contributed by atoms with van der Waals surface area (Å²) in [6.07, 6.45) is 0. The zero-order valence-corrected chi connectivity index (χ0v) is 21.0. The molecule has 0 radical (unpaired) electrons. The Morgan fingerprint density at radius 3 is 2.54 bits per heavy atom. The molecule has 0 saturated carbocycles. The summed E-state index contributed by atoms with van der Waals surface area (Å²) in [5, 5.41) is 4.85. The predicted octanol–water partition coefficient (Wildman–Crippen LogP) is 2.75. The Bertz CT molecular complexity index is 1200. The molecule has 0 unspecified atom stereocenters. The Hall–Kier alpha value is -3.14. The third kappa shape index (κ3) is 6.50. The van der Waals surface area contributed by atoms with E-state index in [2.05, 4.69) is 32.2 Å². The van der Waals surface area contributed by atoms with Crippen LogP contribution in [-0.2, 0) is 17.8 Å². The fourth-order valence-electron chi connectivity index (χ4n) is 4.13. The van der Waals surface area contributed by atoms with Crippen LogP contribution in [0.3, 0.4) is 0 Å². The zero-order valence-electron chi connectivity index (χ0n) is 20.2. The second-order valence-electron chi connectivity index (χ2n) is 8.44. The second kappa shape index (κ2) is 12.0. The Balaban J connectivity index is 1.54. The molecule has 1 aliphatic rings. The first-order chi connectivity index (χ1) is 17.1. The van der Waals surface area contributed by atoms with Gasteiger partial charge in [-0.15, -0.1) is 0 Å². The smallest absolute Gasteiger partial charge is 0.253 e. The van der Waals surface area contributed by atoms with Gasteiger partial charge in [-0.1, -0.05) is 30.3 Å². The Labute approximate surface area is 210 Å². The molecule has 2 heterocycles. The van der Waals surface area contributed by atoms with Crippen LogP contribution < -0.4 is 20.3 Å². The van der Waals surface area contributed by atoms with Gasteiger partial charge in [0.1, 0.15) is 0 Å². The average Bonchev–Trinajstić information content (AvgIpc) is 2.90. The molecule has 35 heavy (non-hydrogen) atoms. The number of methoxy groups -OCH3 is 2. The lowest BCUT2D eigenvalue weighted by Gasteiger charge is -2.31. The van der Waals surface area contributed by atoms with Crippen molar-refractivity contribution in [2.75, 3.05) is 53.6 Å². The van der Waals surface area contributed by atoms with Crippen molar-refractivity contribution in [2.24, 2.45) is 0 Å². The number of H-pyrrole nitrogens is 1. The van der Waals surface area contributed by atoms with Gasteiger partial charge in [0.15, 0.2) is 16.6 Å². The first-order valence-corrected chi connectivity index (χ1v) is 12.1. The third-order valence-electron chi connectivity index (χ3n) is 6.15. The van der Waals surface area contributed by atoms with Crippen LogP contribution in [0, 0.1) is 0 Å². The number of nitrogens with zero attached hydrogens (tertiary/aromatic N) is 2. The van der Waals surface area contributed by atoms with Gasteiger partial charge in [-0.3, -0.25) is 9.69 Å². The summed E-state index contributed by atoms with van der Waals surface area (Å²) >= 11 is 5.77. The lowest BCUT2D eigenvalue weighted by Crippen LogP contribution is -2.46. The van der Waals surface area contributed by atoms with Gasteiger partial charge >= 0.3 is 0 Å². The number of nitrogens with one attached hydrogen (secondary N) is 2. The van der Waals surface area contributed by atoms with Crippen molar-refractivity contribution in [1.29, 1.82) is 0 Å². The molecule has 1 aliphatic heterocycles. The third-order valence-corrected chi connectivity index (χ3v) is 6.55. The van der Waals surface area contributed by atoms with Gasteiger partial charge in [-0.05, 0) is 29.9 Å². The number of aromatic amines is 1. The van der Waals surface area contributed by atoms with Crippen LogP contribution in [0.15, 0.2) is 53.3 Å². The van der Waals surface area contributed by atoms with Gasteiger partial charge < -0.3 is 29.4 Å². The van der Waals surface area contributed by atoms with E-state index in [4.69, 9.17) is 26.4 Å². The van der Waals surface area contributed by atoms with Crippen LogP contribution in [0.2, 0.25) is 0 Å². The molecule has 9 heteroatoms. The topological polar surface area (TPSA) is 79.1 Å². The molecule has 0 atom stereocenters. The summed E-state index contributed by atoms with van der Waals surface area (Å²) in [7, 11) is 3.17. The minimum absolute atomic E-state index is 0.146. The molecule has 0 amide bonds. The second-order valence-corrected chi connectivity index (χ2v) is 8.82. The van der Waals surface area contributed by atoms with Crippen molar-refractivity contribution in [3.8, 4) is 11.5 Å². The van der Waals surface area contributed by atoms with E-state index in [1.54, 1.807) is 20.3 Å². The lowest BCUT2D eigenvalue weighted by atomic mass is 10.1. The van der Waals surface area contributed by atoms with Crippen LogP contribution in [0.1, 0.15) is 11.1 Å². The van der Waals surface area contributed by atoms with Crippen molar-refractivity contribution < 1.29 is 14.2 Å². The largest absolute Gasteiger partial charge is 0.493 e. The average molecular weight is 497 g/mol. The molecule has 0 aliphatic carbocycles. The van der Waals surface area contributed by atoms with E-state index in [1.165, 1.54) is 0 Å². The summed E-state index contributed by atoms with van der Waals surface area (Å²) in [5.74, 6) is 1.18. The van der Waals surface area contributed by atoms with Crippen molar-refractivity contribution in [3.05, 3.63) is 70.0 Å². The van der Waals surface area contributed by atoms with E-state index in [1.807, 2.05) is 30.3 Å². The van der Waals surface area contributed by atoms with E-state index in [9.17, 15) is 4.79 Å². The Morgan fingerprint density at radius 2 is 1.83 bits per heavy atom. The van der Waals surface area contributed by atoms with Gasteiger partial charge in [0.2, 0.25) is 0 Å². The number of ether oxygens (including phenoxy) is 3. The van der Waals surface area contributed by atoms with Crippen LogP contribution in [0.5, 0.6) is 11.5 Å². The van der Waals surface area contributed by atoms with Gasteiger partial charge in [0.05, 0.1) is 39.5 Å². The molecule has 1 aromatic heterocycles. The molecule has 0 bridgehead atoms. The van der Waals surface area contributed by atoms with E-state index in [-0.39, 0.29) is 5.56 Å². The summed E-state index contributed by atoms with van der Waals surface area (Å²) in [6, 6.07) is 15.7. The molecule has 2 N–H and O–H groups in total. The lowest BCUT2D eigenvalue weighted by molar-refractivity contribution is 0.0357. The highest BCUT2D eigenvalue weighted by Crippen LogP contribution is 2.31. The maximum absolute atomic E-state index is 13.0. The fourth-order valence-corrected chi connectivity index (χ4v) is 4.35. The predicted molar refractivity (Wildman–Crippen MR) is 141 cm³/mol. The molecule has 3 aromatic rings. The standard InChI is InChI=1S/C26H32N4O4S/c1-32-23-15-20-14-21(25(31)28-22(20)16-24(23)33-2)18-30(9-8-29-10-12-34-13-11-29)26(35)27-17-19-6-4-3-5-7-19/h3-7,14-16H,8-13,17-18H2,1-2H3,(H,27,35)(H,28,31). The monoisotopic (exact) mass is 496 g/mol. The van der Waals surface area contributed by atoms with E-state index < -0.39 is 0 Å². The number of rotatable bonds is 9. The van der Waals surface area contributed by atoms with Crippen molar-refractivity contribution in [3.63, 3.8) is 0 Å². The van der Waals surface area contributed by atoms with E-state index >= 15 is 0 Å². The minimum atomic E-state index is -0.146. The molecule has 186 valence electrons. The van der Waals surface area contributed by atoms with Crippen molar-refractivity contribution in [1.82, 2.24) is 20.1 Å². The first-order valence-electron chi connectivity index (χ1n) is 11.7. The van der Waals surface area contributed by atoms with Gasteiger partial charge in [0, 0.05) is 49.7 Å². The number of thiocarbonyl (C=S) groups is 1. The summed E-state index contributed by atoms with van der Waals surface area (Å²) in [4.78, 5) is 20.4. The van der Waals surface area contributed by atoms with Gasteiger partial charge in [0.25, 0.3) is 5.56 Å². The molecule has 4 rings (SSSR count). The van der Waals surface area contributed by atoms with Crippen LogP contribution in [0.25, 0.3) is 10.9 Å². The number of benzene rings is 2. The fraction of sp³-hybridized carbons (Fsp3) is 0.385. The maximum atomic E-state index is 13.0. The highest BCUT2D eigenvalue weighted by atomic mass is 32.1. The SMILES string of the molecule is COc1cc2cc(CN(CCN3CCOCC3)C(=S)NCc3ccccc3)c(=O)[nH]c2cc1OC. The van der Waals surface area contributed by atoms with Crippen LogP contribution >= 0.6 is 12.2 Å². The summed E-state index contributed by atoms with van der Waals surface area (Å²) in [5.41, 5.74) is 2.33. The highest BCUT2D eigenvalue weighted by Gasteiger charge is 2.17. The molecular formula is C26H32N4O4S. The van der Waals surface area contributed by atoms with Gasteiger partial charge in [-0.2, -0.15) is 0 Å². The Kier molecular flexibility index (Phi) is 8.57. The van der Waals surface area contributed by atoms with Crippen LogP contribution in [-0.4, -0.2) is 73.5 Å². The summed E-state index contributed by atoms with van der Waals surface area (Å²) in [6.45, 7) is 5.84. The Morgan fingerprint density at radius 1 is 1.11 bits per heavy atom. The summed E-state index contributed by atoms with van der Waals surface area (Å²) < 4.78 is 16.3. The normalized spacial score (nSPS) is 14.0. The zero-order chi connectivity index (χ0) is 24.6. The first kappa shape index (κ1) is 25.0. The van der Waals surface area contributed by atoms with E-state index in [0.29, 0.717) is 47.3 Å². The molecule has 8 nitrogen and oxygen atoms in total.